The van der Waals surface area contributed by atoms with Gasteiger partial charge in [0.05, 0.1) is 18.0 Å². The van der Waals surface area contributed by atoms with Crippen LogP contribution < -0.4 is 9.64 Å². The maximum absolute atomic E-state index is 13.7. The molecule has 0 bridgehead atoms. The summed E-state index contributed by atoms with van der Waals surface area (Å²) in [7, 11) is -4.31. The molecular formula is C32H35FN2O6S. The minimum Gasteiger partial charge on any atom is -0.494 e. The summed E-state index contributed by atoms with van der Waals surface area (Å²) in [5.74, 6) is 1.08. The molecule has 3 fully saturated rings. The van der Waals surface area contributed by atoms with Crippen LogP contribution in [0.4, 0.5) is 14.9 Å². The Hall–Kier alpha value is -3.47. The molecule has 0 unspecified atom stereocenters. The lowest BCUT2D eigenvalue weighted by atomic mass is 9.76. The number of carbonyl (C=O) groups is 1. The number of nitrogens with zero attached hydrogens (tertiary/aromatic N) is 2. The van der Waals surface area contributed by atoms with Crippen molar-refractivity contribution in [3.63, 3.8) is 0 Å². The van der Waals surface area contributed by atoms with Crippen molar-refractivity contribution in [3.8, 4) is 16.9 Å². The van der Waals surface area contributed by atoms with Crippen LogP contribution in [0.2, 0.25) is 0 Å². The number of hydrogen-bond donors (Lipinski definition) is 1. The molecule has 3 aromatic rings. The molecule has 1 N–H and O–H groups in total. The highest BCUT2D eigenvalue weighted by Gasteiger charge is 2.47. The van der Waals surface area contributed by atoms with Gasteiger partial charge < -0.3 is 9.47 Å². The van der Waals surface area contributed by atoms with Crippen LogP contribution in [0.25, 0.3) is 11.1 Å². The summed E-state index contributed by atoms with van der Waals surface area (Å²) in [6.07, 6.45) is 4.40. The monoisotopic (exact) mass is 594 g/mol. The van der Waals surface area contributed by atoms with Crippen LogP contribution in [-0.4, -0.2) is 55.8 Å². The lowest BCUT2D eigenvalue weighted by molar-refractivity contribution is -0.00112. The van der Waals surface area contributed by atoms with E-state index in [1.165, 1.54) is 53.3 Å². The van der Waals surface area contributed by atoms with Crippen LogP contribution in [0.5, 0.6) is 5.75 Å². The number of likely N-dealkylation sites (tertiary alicyclic amines) is 1. The van der Waals surface area contributed by atoms with Crippen LogP contribution in [0.15, 0.2) is 65.6 Å². The Balaban J connectivity index is 1.18. The zero-order valence-corrected chi connectivity index (χ0v) is 24.4. The Morgan fingerprint density at radius 1 is 1.05 bits per heavy atom. The highest BCUT2D eigenvalue weighted by Crippen LogP contribution is 2.44. The number of piperidine rings is 1. The summed E-state index contributed by atoms with van der Waals surface area (Å²) in [5, 5.41) is 0. The molecule has 0 aromatic heterocycles. The first-order valence-corrected chi connectivity index (χ1v) is 15.9. The predicted octanol–water partition coefficient (Wildman–Crippen LogP) is 6.40. The van der Waals surface area contributed by atoms with E-state index in [0.29, 0.717) is 44.1 Å². The molecule has 0 atom stereocenters. The molecule has 2 aliphatic heterocycles. The van der Waals surface area contributed by atoms with E-state index in [4.69, 9.17) is 9.47 Å². The van der Waals surface area contributed by atoms with Crippen LogP contribution in [0.3, 0.4) is 0 Å². The number of halogens is 1. The molecule has 2 saturated heterocycles. The van der Waals surface area contributed by atoms with Gasteiger partial charge in [0.2, 0.25) is 0 Å². The van der Waals surface area contributed by atoms with Gasteiger partial charge >= 0.3 is 6.09 Å². The van der Waals surface area contributed by atoms with Crippen LogP contribution in [0.1, 0.15) is 56.1 Å². The molecule has 10 heteroatoms. The Morgan fingerprint density at radius 3 is 2.33 bits per heavy atom. The zero-order chi connectivity index (χ0) is 29.5. The quantitative estimate of drug-likeness (QED) is 0.302. The Kier molecular flexibility index (Phi) is 7.72. The summed E-state index contributed by atoms with van der Waals surface area (Å²) < 4.78 is 57.7. The van der Waals surface area contributed by atoms with Crippen molar-refractivity contribution >= 4 is 21.9 Å². The Labute approximate surface area is 245 Å². The number of carbonyl (C=O) groups excluding carboxylic acids is 1. The van der Waals surface area contributed by atoms with Gasteiger partial charge in [-0.15, -0.1) is 0 Å². The Morgan fingerprint density at radius 2 is 1.74 bits per heavy atom. The molecule has 1 aliphatic carbocycles. The lowest BCUT2D eigenvalue weighted by Gasteiger charge is -2.38. The van der Waals surface area contributed by atoms with Crippen molar-refractivity contribution in [2.24, 2.45) is 0 Å². The van der Waals surface area contributed by atoms with Gasteiger partial charge in [-0.05, 0) is 90.9 Å². The van der Waals surface area contributed by atoms with Crippen molar-refractivity contribution in [3.05, 3.63) is 77.6 Å². The first-order valence-electron chi connectivity index (χ1n) is 14.5. The average Bonchev–Trinajstić information content (AvgIpc) is 3.26. The molecule has 8 nitrogen and oxygen atoms in total. The molecule has 6 rings (SSSR count). The third kappa shape index (κ3) is 5.75. The van der Waals surface area contributed by atoms with Gasteiger partial charge in [-0.3, -0.25) is 14.4 Å². The van der Waals surface area contributed by atoms with Gasteiger partial charge in [0.1, 0.15) is 17.2 Å². The van der Waals surface area contributed by atoms with E-state index in [1.807, 2.05) is 19.1 Å². The molecule has 1 spiro atoms. The lowest BCUT2D eigenvalue weighted by Crippen LogP contribution is -2.46. The number of hydrogen-bond acceptors (Lipinski definition) is 6. The molecule has 2 heterocycles. The second kappa shape index (κ2) is 11.3. The fraction of sp³-hybridized carbons (Fsp3) is 0.406. The summed E-state index contributed by atoms with van der Waals surface area (Å²) in [6.45, 7) is 5.09. The average molecular weight is 595 g/mol. The third-order valence-corrected chi connectivity index (χ3v) is 9.68. The third-order valence-electron chi connectivity index (χ3n) is 8.81. The van der Waals surface area contributed by atoms with Crippen molar-refractivity contribution < 1.29 is 31.6 Å². The van der Waals surface area contributed by atoms with Gasteiger partial charge in [-0.1, -0.05) is 18.6 Å². The van der Waals surface area contributed by atoms with Crippen molar-refractivity contribution in [1.82, 2.24) is 4.90 Å². The zero-order valence-electron chi connectivity index (χ0n) is 23.6. The topological polar surface area (TPSA) is 96.4 Å². The molecule has 0 radical (unpaired) electrons. The van der Waals surface area contributed by atoms with Crippen LogP contribution >= 0.6 is 0 Å². The van der Waals surface area contributed by atoms with Crippen LogP contribution in [0, 0.1) is 5.82 Å². The molecule has 3 aromatic carbocycles. The predicted molar refractivity (Wildman–Crippen MR) is 157 cm³/mol. The normalized spacial score (nSPS) is 19.1. The van der Waals surface area contributed by atoms with Crippen molar-refractivity contribution in [2.45, 2.75) is 62.0 Å². The van der Waals surface area contributed by atoms with E-state index in [1.54, 1.807) is 0 Å². The Bertz CT molecular complexity index is 1560. The maximum atomic E-state index is 13.7. The van der Waals surface area contributed by atoms with E-state index in [0.717, 1.165) is 48.4 Å². The maximum Gasteiger partial charge on any atom is 0.415 e. The minimum atomic E-state index is -4.31. The van der Waals surface area contributed by atoms with Gasteiger partial charge in [0, 0.05) is 43.7 Å². The second-order valence-corrected chi connectivity index (χ2v) is 12.9. The van der Waals surface area contributed by atoms with Gasteiger partial charge in [0.25, 0.3) is 10.1 Å². The number of anilines is 1. The molecular weight excluding hydrogens is 559 g/mol. The van der Waals surface area contributed by atoms with E-state index in [-0.39, 0.29) is 10.7 Å². The summed E-state index contributed by atoms with van der Waals surface area (Å²) in [4.78, 5) is 16.5. The largest absolute Gasteiger partial charge is 0.494 e. The number of rotatable bonds is 8. The fourth-order valence-electron chi connectivity index (χ4n) is 6.23. The minimum absolute atomic E-state index is 0.223. The fourth-order valence-corrected chi connectivity index (χ4v) is 6.71. The first kappa shape index (κ1) is 28.6. The standard InChI is InChI=1S/C32H35FN2O6S/c1-2-40-30-19-29(23-6-8-25(33)9-7-23)28(22-4-3-5-22)18-24(30)20-34-16-14-32(15-17-34)21-35(31(36)41-32)26-10-12-27(13-11-26)42(37,38)39/h6-13,18-19,22H,2-5,14-17,20-21H2,1H3,(H,37,38,39). The van der Waals surface area contributed by atoms with Crippen molar-refractivity contribution in [2.75, 3.05) is 31.1 Å². The van der Waals surface area contributed by atoms with E-state index in [2.05, 4.69) is 17.0 Å². The van der Waals surface area contributed by atoms with Gasteiger partial charge in [-0.25, -0.2) is 9.18 Å². The second-order valence-electron chi connectivity index (χ2n) is 11.5. The molecule has 1 amide bonds. The number of ether oxygens (including phenoxy) is 2. The smallest absolute Gasteiger partial charge is 0.415 e. The SMILES string of the molecule is CCOc1cc(-c2ccc(F)cc2)c(C2CCC2)cc1CN1CCC2(CC1)CN(c1ccc(S(=O)(=O)O)cc1)C(=O)O2. The van der Waals surface area contributed by atoms with Gasteiger partial charge in [0.15, 0.2) is 0 Å². The number of amides is 1. The number of benzene rings is 3. The molecule has 42 heavy (non-hydrogen) atoms. The van der Waals surface area contributed by atoms with E-state index in [9.17, 15) is 22.2 Å². The van der Waals surface area contributed by atoms with Crippen molar-refractivity contribution in [1.29, 1.82) is 0 Å². The first-order chi connectivity index (χ1) is 20.1. The summed E-state index contributed by atoms with van der Waals surface area (Å²) in [6, 6.07) is 16.6. The molecule has 1 saturated carbocycles. The van der Waals surface area contributed by atoms with E-state index >= 15 is 0 Å². The van der Waals surface area contributed by atoms with Crippen LogP contribution in [-0.2, 0) is 21.4 Å². The summed E-state index contributed by atoms with van der Waals surface area (Å²) >= 11 is 0. The highest BCUT2D eigenvalue weighted by atomic mass is 32.2. The van der Waals surface area contributed by atoms with Gasteiger partial charge in [-0.2, -0.15) is 8.42 Å². The highest BCUT2D eigenvalue weighted by molar-refractivity contribution is 7.85. The summed E-state index contributed by atoms with van der Waals surface area (Å²) in [5.41, 5.74) is 4.43. The van der Waals surface area contributed by atoms with E-state index < -0.39 is 21.8 Å². The molecule has 3 aliphatic rings. The molecule has 222 valence electrons.